The van der Waals surface area contributed by atoms with Gasteiger partial charge in [-0.2, -0.15) is 4.98 Å². The first-order valence-corrected chi connectivity index (χ1v) is 8.46. The van der Waals surface area contributed by atoms with E-state index in [1.165, 1.54) is 0 Å². The van der Waals surface area contributed by atoms with Gasteiger partial charge >= 0.3 is 0 Å². The molecule has 0 aliphatic carbocycles. The topological polar surface area (TPSA) is 68.2 Å². The van der Waals surface area contributed by atoms with Gasteiger partial charge in [0.25, 0.3) is 0 Å². The van der Waals surface area contributed by atoms with Crippen molar-refractivity contribution in [3.05, 3.63) is 23.4 Å². The average molecular weight is 306 g/mol. The number of likely N-dealkylation sites (tertiary alicyclic amines) is 1. The lowest BCUT2D eigenvalue weighted by molar-refractivity contribution is 0.145. The number of nitrogens with zero attached hydrogens (tertiary/aromatic N) is 3. The van der Waals surface area contributed by atoms with Crippen molar-refractivity contribution >= 4 is 11.3 Å². The molecule has 2 atom stereocenters. The maximum atomic E-state index is 6.00. The highest BCUT2D eigenvalue weighted by Gasteiger charge is 2.22. The number of piperidine rings is 1. The lowest BCUT2D eigenvalue weighted by Crippen LogP contribution is -2.45. The third kappa shape index (κ3) is 3.70. The molecule has 0 radical (unpaired) electrons. The summed E-state index contributed by atoms with van der Waals surface area (Å²) in [6, 6.07) is 4.97. The summed E-state index contributed by atoms with van der Waals surface area (Å²) in [7, 11) is 0. The monoisotopic (exact) mass is 306 g/mol. The number of aromatic nitrogens is 2. The second-order valence-electron chi connectivity index (χ2n) is 5.76. The Hall–Kier alpha value is -1.24. The van der Waals surface area contributed by atoms with Crippen LogP contribution in [0.2, 0.25) is 0 Å². The molecule has 2 aromatic rings. The van der Waals surface area contributed by atoms with Gasteiger partial charge in [0.2, 0.25) is 11.7 Å². The first-order valence-electron chi connectivity index (χ1n) is 7.58. The van der Waals surface area contributed by atoms with Crippen LogP contribution in [0, 0.1) is 0 Å². The minimum atomic E-state index is 0.376. The van der Waals surface area contributed by atoms with Gasteiger partial charge in [-0.05, 0) is 50.7 Å². The van der Waals surface area contributed by atoms with Gasteiger partial charge in [-0.25, -0.2) is 0 Å². The van der Waals surface area contributed by atoms with Crippen LogP contribution in [-0.2, 0) is 6.42 Å². The first-order chi connectivity index (χ1) is 10.2. The molecule has 6 heteroatoms. The van der Waals surface area contributed by atoms with E-state index in [4.69, 9.17) is 10.3 Å². The SMILES string of the molecule is CC1CC(N)CCN1CCCc1nc(-c2cccs2)no1. The first kappa shape index (κ1) is 14.7. The normalized spacial score (nSPS) is 23.5. The van der Waals surface area contributed by atoms with E-state index in [2.05, 4.69) is 22.0 Å². The number of aryl methyl sites for hydroxylation is 1. The van der Waals surface area contributed by atoms with E-state index >= 15 is 0 Å². The van der Waals surface area contributed by atoms with Crippen molar-refractivity contribution in [1.29, 1.82) is 0 Å². The number of rotatable bonds is 5. The molecule has 5 nitrogen and oxygen atoms in total. The van der Waals surface area contributed by atoms with Gasteiger partial charge in [0.15, 0.2) is 0 Å². The van der Waals surface area contributed by atoms with Crippen LogP contribution in [0.5, 0.6) is 0 Å². The number of hydrogen-bond acceptors (Lipinski definition) is 6. The lowest BCUT2D eigenvalue weighted by Gasteiger charge is -2.36. The molecule has 0 saturated carbocycles. The zero-order valence-corrected chi connectivity index (χ0v) is 13.2. The molecular weight excluding hydrogens is 284 g/mol. The van der Waals surface area contributed by atoms with Gasteiger partial charge in [-0.3, -0.25) is 0 Å². The van der Waals surface area contributed by atoms with Crippen molar-refractivity contribution in [3.63, 3.8) is 0 Å². The Kier molecular flexibility index (Phi) is 4.67. The smallest absolute Gasteiger partial charge is 0.227 e. The zero-order valence-electron chi connectivity index (χ0n) is 12.4. The molecule has 2 N–H and O–H groups in total. The molecule has 3 heterocycles. The highest BCUT2D eigenvalue weighted by molar-refractivity contribution is 7.13. The average Bonchev–Trinajstić information content (AvgIpc) is 3.11. The van der Waals surface area contributed by atoms with E-state index in [0.29, 0.717) is 17.9 Å². The van der Waals surface area contributed by atoms with E-state index in [1.807, 2.05) is 17.5 Å². The fraction of sp³-hybridized carbons (Fsp3) is 0.600. The summed E-state index contributed by atoms with van der Waals surface area (Å²) in [6.45, 7) is 4.44. The van der Waals surface area contributed by atoms with Crippen LogP contribution < -0.4 is 5.73 Å². The van der Waals surface area contributed by atoms with Crippen LogP contribution in [0.1, 0.15) is 32.1 Å². The fourth-order valence-electron chi connectivity index (χ4n) is 2.88. The maximum Gasteiger partial charge on any atom is 0.227 e. The molecule has 2 unspecified atom stereocenters. The van der Waals surface area contributed by atoms with Gasteiger partial charge in [-0.1, -0.05) is 11.2 Å². The van der Waals surface area contributed by atoms with E-state index in [-0.39, 0.29) is 0 Å². The van der Waals surface area contributed by atoms with Crippen molar-refractivity contribution in [2.45, 2.75) is 44.7 Å². The van der Waals surface area contributed by atoms with E-state index < -0.39 is 0 Å². The summed E-state index contributed by atoms with van der Waals surface area (Å²) in [5, 5.41) is 6.06. The fourth-order valence-corrected chi connectivity index (χ4v) is 3.53. The quantitative estimate of drug-likeness (QED) is 0.919. The molecule has 2 aromatic heterocycles. The van der Waals surface area contributed by atoms with Crippen molar-refractivity contribution < 1.29 is 4.52 Å². The van der Waals surface area contributed by atoms with Crippen LogP contribution in [-0.4, -0.2) is 40.2 Å². The van der Waals surface area contributed by atoms with Crippen molar-refractivity contribution in [3.8, 4) is 10.7 Å². The summed E-state index contributed by atoms with van der Waals surface area (Å²) in [4.78, 5) is 8.03. The van der Waals surface area contributed by atoms with Gasteiger partial charge in [0, 0.05) is 18.5 Å². The van der Waals surface area contributed by atoms with Crippen molar-refractivity contribution in [2.24, 2.45) is 5.73 Å². The zero-order chi connectivity index (χ0) is 14.7. The molecule has 3 rings (SSSR count). The minimum absolute atomic E-state index is 0.376. The number of thiophene rings is 1. The number of hydrogen-bond donors (Lipinski definition) is 1. The largest absolute Gasteiger partial charge is 0.339 e. The molecule has 114 valence electrons. The van der Waals surface area contributed by atoms with Gasteiger partial charge in [-0.15, -0.1) is 11.3 Å². The number of nitrogens with two attached hydrogens (primary N) is 1. The molecule has 1 aliphatic heterocycles. The Morgan fingerprint density at radius 2 is 2.43 bits per heavy atom. The van der Waals surface area contributed by atoms with Gasteiger partial charge in [0.1, 0.15) is 0 Å². The molecule has 1 fully saturated rings. The Labute approximate surface area is 129 Å². The van der Waals surface area contributed by atoms with Crippen LogP contribution in [0.15, 0.2) is 22.0 Å². The Morgan fingerprint density at radius 3 is 3.19 bits per heavy atom. The molecule has 1 saturated heterocycles. The Bertz CT molecular complexity index is 554. The van der Waals surface area contributed by atoms with E-state index in [0.717, 1.165) is 49.5 Å². The summed E-state index contributed by atoms with van der Waals surface area (Å²) in [5.41, 5.74) is 6.00. The third-order valence-electron chi connectivity index (χ3n) is 4.10. The standard InChI is InChI=1S/C15H22N4OS/c1-11-10-12(16)6-8-19(11)7-2-5-14-17-15(18-20-14)13-4-3-9-21-13/h3-4,9,11-12H,2,5-8,10,16H2,1H3. The molecule has 0 amide bonds. The minimum Gasteiger partial charge on any atom is -0.339 e. The second-order valence-corrected chi connectivity index (χ2v) is 6.71. The second kappa shape index (κ2) is 6.68. The lowest BCUT2D eigenvalue weighted by atomic mass is 9.99. The highest BCUT2D eigenvalue weighted by atomic mass is 32.1. The molecule has 21 heavy (non-hydrogen) atoms. The van der Waals surface area contributed by atoms with Crippen LogP contribution >= 0.6 is 11.3 Å². The molecule has 0 bridgehead atoms. The molecule has 0 spiro atoms. The molecule has 0 aromatic carbocycles. The van der Waals surface area contributed by atoms with Crippen molar-refractivity contribution in [2.75, 3.05) is 13.1 Å². The summed E-state index contributed by atoms with van der Waals surface area (Å²) in [6.07, 6.45) is 4.09. The van der Waals surface area contributed by atoms with E-state index in [1.54, 1.807) is 11.3 Å². The third-order valence-corrected chi connectivity index (χ3v) is 4.97. The molecular formula is C15H22N4OS. The Morgan fingerprint density at radius 1 is 1.52 bits per heavy atom. The molecule has 1 aliphatic rings. The van der Waals surface area contributed by atoms with Crippen LogP contribution in [0.4, 0.5) is 0 Å². The van der Waals surface area contributed by atoms with E-state index in [9.17, 15) is 0 Å². The summed E-state index contributed by atoms with van der Waals surface area (Å²) in [5.74, 6) is 1.44. The summed E-state index contributed by atoms with van der Waals surface area (Å²) < 4.78 is 5.33. The van der Waals surface area contributed by atoms with Gasteiger partial charge < -0.3 is 15.2 Å². The predicted molar refractivity (Wildman–Crippen MR) is 84.2 cm³/mol. The highest BCUT2D eigenvalue weighted by Crippen LogP contribution is 2.22. The van der Waals surface area contributed by atoms with Gasteiger partial charge in [0.05, 0.1) is 4.88 Å². The summed E-state index contributed by atoms with van der Waals surface area (Å²) >= 11 is 1.63. The van der Waals surface area contributed by atoms with Crippen molar-refractivity contribution in [1.82, 2.24) is 15.0 Å². The maximum absolute atomic E-state index is 6.00. The predicted octanol–water partition coefficient (Wildman–Crippen LogP) is 2.54. The van der Waals surface area contributed by atoms with Crippen LogP contribution in [0.25, 0.3) is 10.7 Å². The van der Waals surface area contributed by atoms with Crippen LogP contribution in [0.3, 0.4) is 0 Å². The Balaban J connectivity index is 1.47.